The van der Waals surface area contributed by atoms with Crippen molar-refractivity contribution in [2.75, 3.05) is 31.2 Å². The topological polar surface area (TPSA) is 547 Å². The second-order valence-electron chi connectivity index (χ2n) is 27.3. The fourth-order valence-corrected chi connectivity index (χ4v) is 14.2. The van der Waals surface area contributed by atoms with E-state index in [1.165, 1.54) is 24.3 Å². The number of carboxylic acid groups (broad SMARTS) is 1. The lowest BCUT2D eigenvalue weighted by Crippen LogP contribution is -2.63. The maximum absolute atomic E-state index is 15.4. The molecule has 14 atom stereocenters. The summed E-state index contributed by atoms with van der Waals surface area (Å²) in [6.07, 6.45) is -4.16. The number of aliphatic hydroxyl groups excluding tert-OH is 3. The minimum absolute atomic E-state index is 0.0594. The number of nitrogens with one attached hydrogen (secondary N) is 14. The van der Waals surface area contributed by atoms with Crippen molar-refractivity contribution in [2.45, 2.75) is 189 Å². The summed E-state index contributed by atoms with van der Waals surface area (Å²) in [4.78, 5) is 192. The van der Waals surface area contributed by atoms with Crippen molar-refractivity contribution in [3.63, 3.8) is 0 Å². The van der Waals surface area contributed by atoms with Crippen LogP contribution in [0.2, 0.25) is 0 Å². The molecule has 3 heterocycles. The van der Waals surface area contributed by atoms with Gasteiger partial charge >= 0.3 is 5.97 Å². The molecule has 0 aliphatic carbocycles. The second-order valence-corrected chi connectivity index (χ2v) is 29.9. The van der Waals surface area contributed by atoms with Gasteiger partial charge in [-0.2, -0.15) is 0 Å². The molecule has 2 bridgehead atoms. The molecule has 34 nitrogen and oxygen atoms in total. The van der Waals surface area contributed by atoms with E-state index in [9.17, 15) is 63.9 Å². The largest absolute Gasteiger partial charge is 0.508 e. The lowest BCUT2D eigenvalue weighted by atomic mass is 10.00. The smallest absolute Gasteiger partial charge is 0.327 e. The third-order valence-electron chi connectivity index (χ3n) is 18.2. The van der Waals surface area contributed by atoms with Crippen molar-refractivity contribution < 1.29 is 87.9 Å². The molecule has 4 aromatic carbocycles. The van der Waals surface area contributed by atoms with Crippen molar-refractivity contribution >= 4 is 109 Å². The van der Waals surface area contributed by atoms with Gasteiger partial charge in [0.15, 0.2) is 0 Å². The van der Waals surface area contributed by atoms with Crippen LogP contribution in [-0.4, -0.2) is 229 Å². The minimum atomic E-state index is -2.03. The average molecular weight is 1570 g/mol. The Balaban J connectivity index is 1.35. The van der Waals surface area contributed by atoms with Gasteiger partial charge in [-0.05, 0) is 105 Å². The van der Waals surface area contributed by atoms with E-state index in [4.69, 9.17) is 11.5 Å². The molecule has 0 saturated carbocycles. The first kappa shape index (κ1) is 87.0. The van der Waals surface area contributed by atoms with Crippen LogP contribution in [0.5, 0.6) is 5.75 Å². The van der Waals surface area contributed by atoms with Gasteiger partial charge in [-0.3, -0.25) is 57.5 Å². The number of aromatic hydroxyl groups is 1. The van der Waals surface area contributed by atoms with Crippen LogP contribution >= 0.6 is 21.6 Å². The molecule has 1 aromatic heterocycles. The van der Waals surface area contributed by atoms with Gasteiger partial charge in [-0.15, -0.1) is 0 Å². The molecule has 596 valence electrons. The number of unbranched alkanes of at least 4 members (excludes halogenated alkanes) is 1. The lowest BCUT2D eigenvalue weighted by Gasteiger charge is -2.29. The first-order valence-corrected chi connectivity index (χ1v) is 38.7. The highest BCUT2D eigenvalue weighted by molar-refractivity contribution is 8.76. The van der Waals surface area contributed by atoms with Crippen LogP contribution in [0.1, 0.15) is 94.0 Å². The number of nitrogens with two attached hydrogens (primary N) is 2. The molecule has 7 rings (SSSR count). The Kier molecular flexibility index (Phi) is 34.2. The highest BCUT2D eigenvalue weighted by Crippen LogP contribution is 2.25. The first-order valence-electron chi connectivity index (χ1n) is 36.2. The summed E-state index contributed by atoms with van der Waals surface area (Å²) < 4.78 is 0. The van der Waals surface area contributed by atoms with Crippen LogP contribution in [0.4, 0.5) is 0 Å². The van der Waals surface area contributed by atoms with E-state index in [2.05, 4.69) is 74.1 Å². The molecular weight excluding hydrogens is 1470 g/mol. The van der Waals surface area contributed by atoms with Crippen molar-refractivity contribution in [2.24, 2.45) is 11.5 Å². The number of benzene rings is 4. The van der Waals surface area contributed by atoms with Gasteiger partial charge in [-0.1, -0.05) is 120 Å². The van der Waals surface area contributed by atoms with Gasteiger partial charge in [0.2, 0.25) is 70.9 Å². The van der Waals surface area contributed by atoms with Crippen LogP contribution < -0.4 is 80.6 Å². The number of phenolic OH excluding ortho intramolecular Hbond substituents is 1. The lowest BCUT2D eigenvalue weighted by molar-refractivity contribution is -0.142. The van der Waals surface area contributed by atoms with Crippen LogP contribution in [-0.2, 0) is 94.6 Å². The Morgan fingerprint density at radius 3 is 1.69 bits per heavy atom. The number of carbonyl (C=O) groups is 13. The monoisotopic (exact) mass is 1560 g/mol. The molecule has 0 unspecified atom stereocenters. The van der Waals surface area contributed by atoms with Gasteiger partial charge in [0, 0.05) is 73.4 Å². The van der Waals surface area contributed by atoms with Crippen LogP contribution in [0.15, 0.2) is 109 Å². The summed E-state index contributed by atoms with van der Waals surface area (Å²) in [5.74, 6) is -15.3. The number of hydrogen-bond acceptors (Lipinski definition) is 22. The number of aliphatic carboxylic acids is 1. The summed E-state index contributed by atoms with van der Waals surface area (Å²) in [5, 5.41) is 87.5. The van der Waals surface area contributed by atoms with Crippen molar-refractivity contribution in [3.8, 4) is 5.75 Å². The summed E-state index contributed by atoms with van der Waals surface area (Å²) in [7, 11) is 1.62. The highest BCUT2D eigenvalue weighted by Gasteiger charge is 2.40. The standard InChI is InChI=1S/C74H100N16O18S2/c1-39(2)78-34-45-19-17-44(18-20-45)32-55-69(102)90-61(40(3)92)72(105)82-53-27-29-77-60(95)26-25-52(65(98)85-56(68(101)84-55)33-46-35-79-50-15-9-8-14-48(46)50)81-67(100)54(31-42-12-6-5-7-13-42)83-64(97)51(16-10-11-28-75)80-71(104)58(87-63(96)49(76)30-43-21-23-47(94)24-22-43)37-109-110-38-59(74(107)108)88-70(103)57(36-91)86-73(106)62(41(4)93)89-66(53)99/h5-9,12-15,17-24,35,39-41,49,51-59,61-62,78-79,91-94H,10-11,16,25-34,36-38,75-76H2,1-4H3,(H,77,95)(H,80,104)(H,81,100)(H,82,105)(H,83,97)(H,84,101)(H,85,98)(H,86,106)(H,87,96)(H,88,103)(H,89,99)(H,90,102)(H,107,108)/t40-,41-,49+,51+,52-,53+,54+,55+,56-,57+,58+,59+,61-,62+/m1/s1. The minimum Gasteiger partial charge on any atom is -0.508 e. The number of aliphatic hydroxyl groups is 3. The normalized spacial score (nSPS) is 24.3. The second kappa shape index (κ2) is 43.3. The van der Waals surface area contributed by atoms with Crippen molar-refractivity contribution in [1.82, 2.24) is 74.1 Å². The Morgan fingerprint density at radius 2 is 1.05 bits per heavy atom. The molecule has 23 N–H and O–H groups in total. The first-order chi connectivity index (χ1) is 52.5. The maximum atomic E-state index is 15.4. The third kappa shape index (κ3) is 27.1. The number of carboxylic acids is 1. The van der Waals surface area contributed by atoms with Crippen LogP contribution in [0, 0.1) is 0 Å². The molecule has 2 saturated heterocycles. The molecule has 2 aliphatic heterocycles. The number of aromatic nitrogens is 1. The fraction of sp³-hybridized carbons (Fsp3) is 0.473. The van der Waals surface area contributed by atoms with E-state index in [0.717, 1.165) is 41.0 Å². The zero-order chi connectivity index (χ0) is 80.1. The molecule has 0 spiro atoms. The number of carbonyl (C=O) groups excluding carboxylic acids is 12. The van der Waals surface area contributed by atoms with Gasteiger partial charge < -0.3 is 111 Å². The van der Waals surface area contributed by atoms with Gasteiger partial charge in [0.05, 0.1) is 24.9 Å². The van der Waals surface area contributed by atoms with Crippen molar-refractivity contribution in [1.29, 1.82) is 0 Å². The number of H-pyrrole nitrogens is 1. The number of rotatable bonds is 21. The Hall–Kier alpha value is -10.2. The predicted molar refractivity (Wildman–Crippen MR) is 408 cm³/mol. The summed E-state index contributed by atoms with van der Waals surface area (Å²) >= 11 is 0. The number of aromatic amines is 1. The SMILES string of the molecule is CC(C)NCc1ccc(C[C@@H]2NC(=O)[C@@H](Cc3c[nH]c4ccccc34)NC(=O)[C@H]3CCC(=O)NCC[C@H](NC(=O)[C@@H]([C@@H](C)O)NC2=O)C(=O)N[C@@H]([C@@H](C)O)C(=O)N[C@@H](CO)C(=O)N[C@H](C(=O)O)CSSC[C@H](NC(=O)[C@@H](N)Cc2ccc(O)cc2)C(=O)N[C@@H](CCCCN)C(=O)N[C@@H](Cc2ccccc2)C(=O)N3)cc1. The van der Waals surface area contributed by atoms with Crippen LogP contribution in [0.25, 0.3) is 10.9 Å². The van der Waals surface area contributed by atoms with E-state index in [1.807, 2.05) is 13.8 Å². The summed E-state index contributed by atoms with van der Waals surface area (Å²) in [5.41, 5.74) is 15.8. The molecule has 36 heteroatoms. The van der Waals surface area contributed by atoms with E-state index in [1.54, 1.807) is 85.1 Å². The van der Waals surface area contributed by atoms with E-state index < -0.39 is 200 Å². The Labute approximate surface area is 643 Å². The van der Waals surface area contributed by atoms with Gasteiger partial charge in [0.1, 0.15) is 72.2 Å². The van der Waals surface area contributed by atoms with Gasteiger partial charge in [-0.25, -0.2) is 4.79 Å². The quantitative estimate of drug-likeness (QED) is 0.0257. The number of fused-ring (bicyclic) bond motifs is 8. The predicted octanol–water partition coefficient (Wildman–Crippen LogP) is -3.04. The number of hydrogen-bond donors (Lipinski definition) is 21. The number of phenols is 1. The molecule has 2 aliphatic rings. The molecule has 0 radical (unpaired) electrons. The molecule has 12 amide bonds. The maximum Gasteiger partial charge on any atom is 0.327 e. The van der Waals surface area contributed by atoms with Gasteiger partial charge in [0.25, 0.3) is 0 Å². The zero-order valence-corrected chi connectivity index (χ0v) is 63.0. The zero-order valence-electron chi connectivity index (χ0n) is 61.4. The Morgan fingerprint density at radius 1 is 0.545 bits per heavy atom. The summed E-state index contributed by atoms with van der Waals surface area (Å²) in [6.45, 7) is 5.08. The molecule has 5 aromatic rings. The molecule has 110 heavy (non-hydrogen) atoms. The van der Waals surface area contributed by atoms with E-state index in [-0.39, 0.29) is 62.6 Å². The summed E-state index contributed by atoms with van der Waals surface area (Å²) in [6, 6.07) is 7.76. The molecule has 2 fully saturated rings. The Bertz CT molecular complexity index is 3990. The number of para-hydroxylation sites is 1. The van der Waals surface area contributed by atoms with E-state index >= 15 is 24.0 Å². The molecular formula is C74H100N16O18S2. The third-order valence-corrected chi connectivity index (χ3v) is 20.6. The van der Waals surface area contributed by atoms with E-state index in [0.29, 0.717) is 46.1 Å². The van der Waals surface area contributed by atoms with Crippen LogP contribution in [0.3, 0.4) is 0 Å². The highest BCUT2D eigenvalue weighted by atomic mass is 33.1. The average Bonchev–Trinajstić information content (AvgIpc) is 1.63. The number of amides is 12. The fourth-order valence-electron chi connectivity index (χ4n) is 11.9. The van der Waals surface area contributed by atoms with Crippen molar-refractivity contribution in [3.05, 3.63) is 137 Å².